The quantitative estimate of drug-likeness (QED) is 0.210. The van der Waals surface area contributed by atoms with Crippen molar-refractivity contribution in [2.75, 3.05) is 0 Å². The first kappa shape index (κ1) is 29.9. The molecular weight excluding hydrogens is 382 g/mol. The molecule has 0 fully saturated rings. The number of hydrogen-bond acceptors (Lipinski definition) is 3. The summed E-state index contributed by atoms with van der Waals surface area (Å²) in [5.41, 5.74) is -0.267. The fourth-order valence-electron chi connectivity index (χ4n) is 2.68. The van der Waals surface area contributed by atoms with Gasteiger partial charge in [-0.3, -0.25) is 4.55 Å². The van der Waals surface area contributed by atoms with Gasteiger partial charge >= 0.3 is 69.2 Å². The average Bonchev–Trinajstić information content (AvgIpc) is 2.58. The zero-order valence-corrected chi connectivity index (χ0v) is 16.1. The molecule has 0 bridgehead atoms. The molecule has 1 aromatic carbocycles. The summed E-state index contributed by atoms with van der Waals surface area (Å²) in [5, 5.41) is 0. The second-order valence-corrected chi connectivity index (χ2v) is 7.97. The molecule has 0 radical (unpaired) electrons. The van der Waals surface area contributed by atoms with Gasteiger partial charge < -0.3 is 4.74 Å². The van der Waals surface area contributed by atoms with E-state index < -0.39 is 15.6 Å². The Labute approximate surface area is 209 Å². The molecule has 0 spiro atoms. The minimum atomic E-state index is -4.20. The van der Waals surface area contributed by atoms with Crippen LogP contribution in [0.1, 0.15) is 76.7 Å². The second-order valence-electron chi connectivity index (χ2n) is 6.41. The summed E-state index contributed by atoms with van der Waals surface area (Å²) in [6, 6.07) is 9.47. The van der Waals surface area contributed by atoms with Crippen molar-refractivity contribution in [2.24, 2.45) is 0 Å². The van der Waals surface area contributed by atoms with E-state index in [9.17, 15) is 13.0 Å². The van der Waals surface area contributed by atoms with Crippen LogP contribution in [0.5, 0.6) is 0 Å². The third-order valence-corrected chi connectivity index (χ3v) is 5.18. The Hall–Kier alpha value is 0.670. The van der Waals surface area contributed by atoms with E-state index in [1.54, 1.807) is 6.08 Å². The Bertz CT molecular complexity index is 577. The topological polar surface area (TPSA) is 63.6 Å². The summed E-state index contributed by atoms with van der Waals surface area (Å²) in [7, 11) is -4.20. The molecule has 146 valence electrons. The van der Waals surface area contributed by atoms with Crippen LogP contribution in [0.15, 0.2) is 36.6 Å². The Morgan fingerprint density at radius 1 is 0.926 bits per heavy atom. The van der Waals surface area contributed by atoms with E-state index in [-0.39, 0.29) is 59.1 Å². The van der Waals surface area contributed by atoms with Gasteiger partial charge in [-0.05, 0) is 18.1 Å². The standard InChI is InChI=1S/C20H32O4S.2Na.2H/c1-2-3-4-5-6-7-8-9-13-16-20(25(21,22)23)24-18-17-19-14-11-10-12-15-19;;;;/h10-12,14-15,17-18,20H,2-9,13,16H2,1H3,(H,21,22,23);;;;. The minimum absolute atomic E-state index is 0. The maximum atomic E-state index is 11.4. The molecule has 0 amide bonds. The predicted octanol–water partition coefficient (Wildman–Crippen LogP) is 4.51. The maximum absolute atomic E-state index is 11.4. The molecule has 0 aliphatic heterocycles. The molecule has 0 heterocycles. The second kappa shape index (κ2) is 18.7. The Morgan fingerprint density at radius 3 is 1.96 bits per heavy atom. The molecule has 0 saturated heterocycles. The Kier molecular flexibility index (Phi) is 20.7. The van der Waals surface area contributed by atoms with Gasteiger partial charge in [0.1, 0.15) is 0 Å². The zero-order chi connectivity index (χ0) is 18.4. The van der Waals surface area contributed by atoms with Crippen LogP contribution in [0, 0.1) is 0 Å². The van der Waals surface area contributed by atoms with E-state index in [1.165, 1.54) is 44.8 Å². The van der Waals surface area contributed by atoms with Gasteiger partial charge in [0, 0.05) is 6.42 Å². The fourth-order valence-corrected chi connectivity index (χ4v) is 3.35. The number of rotatable bonds is 14. The zero-order valence-electron chi connectivity index (χ0n) is 15.3. The Balaban J connectivity index is 0. The molecule has 1 aromatic rings. The average molecular weight is 417 g/mol. The van der Waals surface area contributed by atoms with Crippen molar-refractivity contribution >= 4 is 75.3 Å². The SMILES string of the molecule is CCCCCCCCCCCC(OC=Cc1ccccc1)S(=O)(=O)O.[NaH].[NaH]. The van der Waals surface area contributed by atoms with Gasteiger partial charge in [-0.2, -0.15) is 8.42 Å². The van der Waals surface area contributed by atoms with Crippen LogP contribution >= 0.6 is 0 Å². The van der Waals surface area contributed by atoms with Crippen molar-refractivity contribution in [3.8, 4) is 0 Å². The van der Waals surface area contributed by atoms with Crippen LogP contribution in [-0.4, -0.2) is 77.5 Å². The Morgan fingerprint density at radius 2 is 1.44 bits per heavy atom. The van der Waals surface area contributed by atoms with Crippen LogP contribution in [-0.2, 0) is 14.9 Å². The summed E-state index contributed by atoms with van der Waals surface area (Å²) in [5.74, 6) is 0. The van der Waals surface area contributed by atoms with Gasteiger partial charge in [-0.15, -0.1) is 0 Å². The number of unbranched alkanes of at least 4 members (excludes halogenated alkanes) is 8. The normalized spacial score (nSPS) is 12.2. The van der Waals surface area contributed by atoms with Crippen LogP contribution < -0.4 is 0 Å². The van der Waals surface area contributed by atoms with Gasteiger partial charge in [0.2, 0.25) is 5.44 Å². The molecule has 0 saturated carbocycles. The van der Waals surface area contributed by atoms with Crippen molar-refractivity contribution in [1.29, 1.82) is 0 Å². The van der Waals surface area contributed by atoms with Crippen molar-refractivity contribution in [2.45, 2.75) is 76.6 Å². The fraction of sp³-hybridized carbons (Fsp3) is 0.600. The van der Waals surface area contributed by atoms with E-state index in [4.69, 9.17) is 4.74 Å². The molecule has 1 N–H and O–H groups in total. The summed E-state index contributed by atoms with van der Waals surface area (Å²) < 4.78 is 37.4. The molecule has 0 aliphatic carbocycles. The van der Waals surface area contributed by atoms with Gasteiger partial charge in [-0.25, -0.2) is 0 Å². The molecular formula is C20H34Na2O4S. The number of ether oxygens (including phenoxy) is 1. The summed E-state index contributed by atoms with van der Waals surface area (Å²) >= 11 is 0. The van der Waals surface area contributed by atoms with E-state index >= 15 is 0 Å². The van der Waals surface area contributed by atoms with Crippen LogP contribution in [0.2, 0.25) is 0 Å². The molecule has 1 rings (SSSR count). The molecule has 1 atom stereocenters. The summed E-state index contributed by atoms with van der Waals surface area (Å²) in [4.78, 5) is 0. The van der Waals surface area contributed by atoms with Crippen LogP contribution in [0.25, 0.3) is 6.08 Å². The van der Waals surface area contributed by atoms with Crippen molar-refractivity contribution in [3.63, 3.8) is 0 Å². The third kappa shape index (κ3) is 16.2. The first-order chi connectivity index (χ1) is 12.0. The summed E-state index contributed by atoms with van der Waals surface area (Å²) in [6.07, 6.45) is 13.8. The number of hydrogen-bond donors (Lipinski definition) is 1. The molecule has 1 unspecified atom stereocenters. The van der Waals surface area contributed by atoms with Crippen molar-refractivity contribution in [3.05, 3.63) is 42.2 Å². The predicted molar refractivity (Wildman–Crippen MR) is 118 cm³/mol. The van der Waals surface area contributed by atoms with Gasteiger partial charge in [0.25, 0.3) is 0 Å². The van der Waals surface area contributed by atoms with Gasteiger partial charge in [0.05, 0.1) is 6.26 Å². The molecule has 0 aromatic heterocycles. The van der Waals surface area contributed by atoms with Crippen molar-refractivity contribution < 1.29 is 17.7 Å². The van der Waals surface area contributed by atoms with Crippen LogP contribution in [0.4, 0.5) is 0 Å². The molecule has 27 heavy (non-hydrogen) atoms. The number of benzene rings is 1. The first-order valence-corrected chi connectivity index (χ1v) is 10.9. The molecule has 7 heteroatoms. The molecule has 0 aliphatic rings. The first-order valence-electron chi connectivity index (χ1n) is 9.37. The van der Waals surface area contributed by atoms with Gasteiger partial charge in [-0.1, -0.05) is 88.6 Å². The molecule has 4 nitrogen and oxygen atoms in total. The monoisotopic (exact) mass is 416 g/mol. The van der Waals surface area contributed by atoms with Crippen molar-refractivity contribution in [1.82, 2.24) is 0 Å². The van der Waals surface area contributed by atoms with Gasteiger partial charge in [0.15, 0.2) is 0 Å². The van der Waals surface area contributed by atoms with E-state index in [0.29, 0.717) is 6.42 Å². The van der Waals surface area contributed by atoms with Crippen LogP contribution in [0.3, 0.4) is 0 Å². The summed E-state index contributed by atoms with van der Waals surface area (Å²) in [6.45, 7) is 2.21. The third-order valence-electron chi connectivity index (χ3n) is 4.17. The van der Waals surface area contributed by atoms with E-state index in [1.807, 2.05) is 30.3 Å². The van der Waals surface area contributed by atoms with E-state index in [0.717, 1.165) is 24.8 Å². The van der Waals surface area contributed by atoms with E-state index in [2.05, 4.69) is 6.92 Å².